The Morgan fingerprint density at radius 1 is 0.852 bits per heavy atom. The highest BCUT2D eigenvalue weighted by atomic mass is 16.6. The maximum absolute atomic E-state index is 13.4. The monoisotopic (exact) mass is 864 g/mol. The van der Waals surface area contributed by atoms with E-state index in [1.807, 2.05) is 39.8 Å². The van der Waals surface area contributed by atoms with E-state index in [1.54, 1.807) is 13.8 Å². The SMILES string of the molecule is CCCC(=O)O[C@H]1C[C@H]2C[C@@H](O)CC(=O)O[C@@H]([C@@H](C)O)CC3C/C(=C\C(=O)OC)[C@H](OC(=O)CCC)C(O3)C(C)(C)/C=C/[C@H]3C/C(=C\C(=O)OC)C[C@@H](C[C@](O)(O2)C1(C)C)O3. The van der Waals surface area contributed by atoms with Crippen LogP contribution in [0.25, 0.3) is 0 Å². The predicted molar refractivity (Wildman–Crippen MR) is 218 cm³/mol. The van der Waals surface area contributed by atoms with E-state index in [0.29, 0.717) is 24.0 Å². The van der Waals surface area contributed by atoms with Gasteiger partial charge in [-0.05, 0) is 44.6 Å². The van der Waals surface area contributed by atoms with Crippen LogP contribution >= 0.6 is 0 Å². The lowest BCUT2D eigenvalue weighted by atomic mass is 9.70. The van der Waals surface area contributed by atoms with Crippen molar-refractivity contribution in [2.75, 3.05) is 14.2 Å². The second-order valence-electron chi connectivity index (χ2n) is 18.0. The second kappa shape index (κ2) is 21.6. The van der Waals surface area contributed by atoms with Gasteiger partial charge in [-0.2, -0.15) is 0 Å². The highest BCUT2D eigenvalue weighted by molar-refractivity contribution is 5.83. The van der Waals surface area contributed by atoms with Crippen molar-refractivity contribution in [1.29, 1.82) is 0 Å². The average Bonchev–Trinajstić information content (AvgIpc) is 3.16. The first kappa shape index (κ1) is 50.0. The van der Waals surface area contributed by atoms with Crippen molar-refractivity contribution in [2.45, 2.75) is 192 Å². The molecule has 0 aromatic heterocycles. The van der Waals surface area contributed by atoms with Gasteiger partial charge >= 0.3 is 29.8 Å². The van der Waals surface area contributed by atoms with Crippen LogP contribution in [0.15, 0.2) is 35.5 Å². The number of rotatable bonds is 9. The number of carbonyl (C=O) groups is 5. The summed E-state index contributed by atoms with van der Waals surface area (Å²) in [5.74, 6) is -5.01. The summed E-state index contributed by atoms with van der Waals surface area (Å²) < 4.78 is 47.5. The molecule has 3 N–H and O–H groups in total. The van der Waals surface area contributed by atoms with Crippen LogP contribution in [-0.4, -0.2) is 126 Å². The van der Waals surface area contributed by atoms with Gasteiger partial charge < -0.3 is 53.2 Å². The van der Waals surface area contributed by atoms with Crippen LogP contribution in [0.2, 0.25) is 0 Å². The van der Waals surface area contributed by atoms with Crippen molar-refractivity contribution in [3.8, 4) is 0 Å². The molecule has 4 rings (SSSR count). The molecule has 0 aromatic carbocycles. The van der Waals surface area contributed by atoms with Gasteiger partial charge in [0.25, 0.3) is 0 Å². The molecule has 0 amide bonds. The lowest BCUT2D eigenvalue weighted by molar-refractivity contribution is -0.348. The van der Waals surface area contributed by atoms with Crippen molar-refractivity contribution >= 4 is 29.8 Å². The summed E-state index contributed by atoms with van der Waals surface area (Å²) in [7, 11) is 2.51. The van der Waals surface area contributed by atoms with Gasteiger partial charge in [-0.3, -0.25) is 14.4 Å². The Bertz CT molecular complexity index is 1650. The second-order valence-corrected chi connectivity index (χ2v) is 18.0. The van der Waals surface area contributed by atoms with E-state index in [2.05, 4.69) is 0 Å². The number of cyclic esters (lactones) is 1. The first-order chi connectivity index (χ1) is 28.6. The Kier molecular flexibility index (Phi) is 17.7. The number of aliphatic hydroxyl groups is 3. The van der Waals surface area contributed by atoms with E-state index in [1.165, 1.54) is 33.3 Å². The van der Waals surface area contributed by atoms with E-state index in [-0.39, 0.29) is 57.8 Å². The molecule has 3 fully saturated rings. The van der Waals surface area contributed by atoms with Crippen molar-refractivity contribution < 1.29 is 77.2 Å². The van der Waals surface area contributed by atoms with E-state index in [4.69, 9.17) is 37.9 Å². The van der Waals surface area contributed by atoms with Crippen molar-refractivity contribution in [3.05, 3.63) is 35.5 Å². The zero-order chi connectivity index (χ0) is 45.3. The van der Waals surface area contributed by atoms with Gasteiger partial charge in [0.1, 0.15) is 18.3 Å². The number of ether oxygens (including phenoxy) is 8. The fourth-order valence-electron chi connectivity index (χ4n) is 8.54. The Labute approximate surface area is 359 Å². The molecule has 0 aliphatic carbocycles. The van der Waals surface area contributed by atoms with Gasteiger partial charge in [0.15, 0.2) is 11.9 Å². The van der Waals surface area contributed by atoms with Gasteiger partial charge in [-0.25, -0.2) is 9.59 Å². The quantitative estimate of drug-likeness (QED) is 0.125. The van der Waals surface area contributed by atoms with Crippen molar-refractivity contribution in [1.82, 2.24) is 0 Å². The van der Waals surface area contributed by atoms with Crippen LogP contribution < -0.4 is 0 Å². The molecule has 0 spiro atoms. The summed E-state index contributed by atoms with van der Waals surface area (Å²) in [4.78, 5) is 64.8. The Morgan fingerprint density at radius 3 is 2.11 bits per heavy atom. The zero-order valence-corrected chi connectivity index (χ0v) is 37.2. The number of methoxy groups -OCH3 is 2. The van der Waals surface area contributed by atoms with Crippen LogP contribution in [0, 0.1) is 10.8 Å². The third-order valence-corrected chi connectivity index (χ3v) is 12.1. The van der Waals surface area contributed by atoms with E-state index in [0.717, 1.165) is 0 Å². The number of esters is 5. The number of fused-ring (bicyclic) bond motifs is 6. The molecular formula is C45H68O16. The van der Waals surface area contributed by atoms with Gasteiger partial charge in [0.05, 0.1) is 62.7 Å². The minimum atomic E-state index is -2.00. The third-order valence-electron chi connectivity index (χ3n) is 12.1. The molecule has 11 atom stereocenters. The van der Waals surface area contributed by atoms with Crippen LogP contribution in [0.5, 0.6) is 0 Å². The molecule has 61 heavy (non-hydrogen) atoms. The van der Waals surface area contributed by atoms with Crippen LogP contribution in [0.3, 0.4) is 0 Å². The Balaban J connectivity index is 1.85. The molecule has 6 bridgehead atoms. The maximum Gasteiger partial charge on any atom is 0.330 e. The summed E-state index contributed by atoms with van der Waals surface area (Å²) in [6, 6.07) is 0. The molecule has 16 nitrogen and oxygen atoms in total. The Hall–Kier alpha value is -3.67. The fraction of sp³-hybridized carbons (Fsp3) is 0.756. The molecule has 4 aliphatic rings. The molecule has 4 aliphatic heterocycles. The van der Waals surface area contributed by atoms with Crippen molar-refractivity contribution in [2.24, 2.45) is 10.8 Å². The van der Waals surface area contributed by atoms with Crippen molar-refractivity contribution in [3.63, 3.8) is 0 Å². The summed E-state index contributed by atoms with van der Waals surface area (Å²) in [5, 5.41) is 34.7. The largest absolute Gasteiger partial charge is 0.466 e. The van der Waals surface area contributed by atoms with E-state index in [9.17, 15) is 39.3 Å². The highest BCUT2D eigenvalue weighted by Crippen LogP contribution is 2.49. The van der Waals surface area contributed by atoms with Gasteiger partial charge in [0.2, 0.25) is 0 Å². The summed E-state index contributed by atoms with van der Waals surface area (Å²) >= 11 is 0. The first-order valence-corrected chi connectivity index (χ1v) is 21.5. The number of aliphatic hydroxyl groups excluding tert-OH is 2. The summed E-state index contributed by atoms with van der Waals surface area (Å²) in [5.41, 5.74) is -1.08. The minimum Gasteiger partial charge on any atom is -0.466 e. The third kappa shape index (κ3) is 13.4. The number of hydrogen-bond donors (Lipinski definition) is 3. The maximum atomic E-state index is 13.4. The molecular weight excluding hydrogens is 796 g/mol. The fourth-order valence-corrected chi connectivity index (χ4v) is 8.54. The Morgan fingerprint density at radius 2 is 1.49 bits per heavy atom. The molecule has 0 aromatic rings. The molecule has 344 valence electrons. The summed E-state index contributed by atoms with van der Waals surface area (Å²) in [6.07, 6.45) is -1.94. The highest BCUT2D eigenvalue weighted by Gasteiger charge is 2.58. The first-order valence-electron chi connectivity index (χ1n) is 21.5. The lowest BCUT2D eigenvalue weighted by Gasteiger charge is -2.53. The normalized spacial score (nSPS) is 35.5. The molecule has 16 heteroatoms. The predicted octanol–water partition coefficient (Wildman–Crippen LogP) is 4.63. The topological polar surface area (TPSA) is 220 Å². The molecule has 4 heterocycles. The molecule has 0 radical (unpaired) electrons. The van der Waals surface area contributed by atoms with Crippen LogP contribution in [0.1, 0.15) is 126 Å². The average molecular weight is 865 g/mol. The number of carbonyl (C=O) groups excluding carboxylic acids is 5. The van der Waals surface area contributed by atoms with E-state index < -0.39 is 114 Å². The van der Waals surface area contributed by atoms with Gasteiger partial charge in [-0.15, -0.1) is 0 Å². The minimum absolute atomic E-state index is 0.0301. The van der Waals surface area contributed by atoms with E-state index >= 15 is 0 Å². The molecule has 0 saturated carbocycles. The standard InChI is InChI=1S/C45H68O16/c1-10-12-36(48)59-35-24-32-21-29(47)22-40(52)58-34(26(3)46)23-31-19-28(20-39(51)55-9)41(60-37(49)13-11-2)42(57-31)43(4,5)15-14-30-16-27(18-38(50)54-8)17-33(56-30)25-45(53,61-32)44(35,6)7/h14-15,18,20,26,29-35,41-42,46-47,53H,10-13,16-17,19,21-25H2,1-9H3/b15-14+,27-18+,28-20+/t26-,29-,30+,31?,32-,33+,34-,35+,41+,42?,45+/m1/s1. The zero-order valence-electron chi connectivity index (χ0n) is 37.2. The van der Waals surface area contributed by atoms with Crippen LogP contribution in [0.4, 0.5) is 0 Å². The summed E-state index contributed by atoms with van der Waals surface area (Å²) in [6.45, 7) is 12.3. The smallest absolute Gasteiger partial charge is 0.330 e. The van der Waals surface area contributed by atoms with Gasteiger partial charge in [-0.1, -0.05) is 59.3 Å². The molecule has 3 saturated heterocycles. The lowest BCUT2D eigenvalue weighted by Crippen LogP contribution is -2.62. The van der Waals surface area contributed by atoms with Gasteiger partial charge in [0, 0.05) is 56.1 Å². The van der Waals surface area contributed by atoms with Crippen LogP contribution in [-0.2, 0) is 61.9 Å². The molecule has 2 unspecified atom stereocenters. The number of hydrogen-bond acceptors (Lipinski definition) is 16.